The minimum atomic E-state index is -0.300. The molecule has 0 aliphatic rings. The fraction of sp³-hybridized carbons (Fsp3) is 0.188. The number of thioether (sulfide) groups is 1. The Balaban J connectivity index is 2.15. The average Bonchev–Trinajstić information content (AvgIpc) is 2.56. The molecular formula is C16H18N2O2S. The van der Waals surface area contributed by atoms with Gasteiger partial charge in [-0.2, -0.15) is 0 Å². The molecule has 2 aromatic carbocycles. The van der Waals surface area contributed by atoms with Crippen molar-refractivity contribution < 1.29 is 9.53 Å². The Morgan fingerprint density at radius 2 is 1.86 bits per heavy atom. The van der Waals surface area contributed by atoms with Crippen molar-refractivity contribution in [2.45, 2.75) is 10.8 Å². The lowest BCUT2D eigenvalue weighted by Crippen LogP contribution is -2.35. The number of ether oxygens (including phenoxy) is 1. The number of para-hydroxylation sites is 1. The maximum Gasteiger partial charge on any atom is 0.242 e. The number of hydrazine groups is 1. The van der Waals surface area contributed by atoms with Crippen LogP contribution in [-0.2, 0) is 4.79 Å². The lowest BCUT2D eigenvalue weighted by Gasteiger charge is -2.16. The fourth-order valence-corrected chi connectivity index (χ4v) is 3.18. The molecule has 0 aliphatic heterocycles. The second-order valence-corrected chi connectivity index (χ2v) is 5.50. The molecule has 0 radical (unpaired) electrons. The van der Waals surface area contributed by atoms with E-state index in [1.54, 1.807) is 18.9 Å². The molecule has 0 spiro atoms. The number of nitrogens with two attached hydrogens (primary N) is 1. The Hall–Kier alpha value is -1.98. The van der Waals surface area contributed by atoms with Crippen molar-refractivity contribution in [2.75, 3.05) is 12.9 Å². The molecule has 1 atom stereocenters. The number of rotatable bonds is 6. The highest BCUT2D eigenvalue weighted by molar-refractivity contribution is 7.99. The summed E-state index contributed by atoms with van der Waals surface area (Å²) in [5.41, 5.74) is 3.19. The van der Waals surface area contributed by atoms with Crippen molar-refractivity contribution in [3.63, 3.8) is 0 Å². The molecule has 5 heteroatoms. The number of carbonyl (C=O) groups is 1. The van der Waals surface area contributed by atoms with Gasteiger partial charge in [0.05, 0.1) is 13.0 Å². The minimum absolute atomic E-state index is 0.191. The molecule has 0 saturated heterocycles. The molecule has 110 valence electrons. The third-order valence-corrected chi connectivity index (χ3v) is 4.28. The van der Waals surface area contributed by atoms with Crippen LogP contribution >= 0.6 is 11.8 Å². The summed E-state index contributed by atoms with van der Waals surface area (Å²) in [7, 11) is 1.64. The van der Waals surface area contributed by atoms with E-state index in [2.05, 4.69) is 5.43 Å². The highest BCUT2D eigenvalue weighted by Crippen LogP contribution is 2.32. The third-order valence-electron chi connectivity index (χ3n) is 3.14. The Bertz CT molecular complexity index is 590. The highest BCUT2D eigenvalue weighted by atomic mass is 32.2. The molecule has 0 fully saturated rings. The van der Waals surface area contributed by atoms with Crippen LogP contribution in [0.25, 0.3) is 0 Å². The van der Waals surface area contributed by atoms with Crippen LogP contribution in [0.1, 0.15) is 11.5 Å². The van der Waals surface area contributed by atoms with E-state index in [4.69, 9.17) is 10.6 Å². The molecule has 4 nitrogen and oxygen atoms in total. The molecule has 21 heavy (non-hydrogen) atoms. The first kappa shape index (κ1) is 15.4. The van der Waals surface area contributed by atoms with Gasteiger partial charge in [-0.1, -0.05) is 42.5 Å². The smallest absolute Gasteiger partial charge is 0.242 e. The van der Waals surface area contributed by atoms with Crippen molar-refractivity contribution in [1.29, 1.82) is 0 Å². The number of nitrogens with one attached hydrogen (secondary N) is 1. The zero-order valence-electron chi connectivity index (χ0n) is 11.8. The van der Waals surface area contributed by atoms with Gasteiger partial charge in [0.1, 0.15) is 5.75 Å². The number of hydrogen-bond acceptors (Lipinski definition) is 4. The van der Waals surface area contributed by atoms with E-state index in [0.717, 1.165) is 16.2 Å². The third kappa shape index (κ3) is 4.00. The normalized spacial score (nSPS) is 11.7. The van der Waals surface area contributed by atoms with Gasteiger partial charge in [-0.25, -0.2) is 5.84 Å². The Morgan fingerprint density at radius 1 is 1.19 bits per heavy atom. The minimum Gasteiger partial charge on any atom is -0.496 e. The lowest BCUT2D eigenvalue weighted by molar-refractivity contribution is -0.122. The zero-order valence-corrected chi connectivity index (χ0v) is 12.6. The monoisotopic (exact) mass is 302 g/mol. The van der Waals surface area contributed by atoms with Gasteiger partial charge in [0.2, 0.25) is 5.91 Å². The molecule has 3 N–H and O–H groups in total. The summed E-state index contributed by atoms with van der Waals surface area (Å²) < 4.78 is 5.32. The first-order chi connectivity index (χ1) is 10.3. The van der Waals surface area contributed by atoms with Crippen LogP contribution in [0.3, 0.4) is 0 Å². The number of hydrogen-bond donors (Lipinski definition) is 2. The van der Waals surface area contributed by atoms with Gasteiger partial charge >= 0.3 is 0 Å². The predicted molar refractivity (Wildman–Crippen MR) is 85.2 cm³/mol. The van der Waals surface area contributed by atoms with Crippen LogP contribution in [0.2, 0.25) is 0 Å². The highest BCUT2D eigenvalue weighted by Gasteiger charge is 2.20. The number of methoxy groups -OCH3 is 1. The van der Waals surface area contributed by atoms with Gasteiger partial charge < -0.3 is 4.74 Å². The largest absolute Gasteiger partial charge is 0.496 e. The van der Waals surface area contributed by atoms with Gasteiger partial charge in [0, 0.05) is 10.6 Å². The molecule has 2 rings (SSSR count). The SMILES string of the molecule is COc1ccccc1SCC(C(=O)NN)c1ccccc1. The van der Waals surface area contributed by atoms with Crippen LogP contribution in [0.4, 0.5) is 0 Å². The Kier molecular flexibility index (Phi) is 5.66. The summed E-state index contributed by atoms with van der Waals surface area (Å²) in [6, 6.07) is 17.4. The molecule has 1 amide bonds. The van der Waals surface area contributed by atoms with Crippen LogP contribution in [-0.4, -0.2) is 18.8 Å². The van der Waals surface area contributed by atoms with E-state index in [0.29, 0.717) is 5.75 Å². The summed E-state index contributed by atoms with van der Waals surface area (Å²) in [6.07, 6.45) is 0. The maximum absolute atomic E-state index is 12.0. The molecule has 0 aliphatic carbocycles. The topological polar surface area (TPSA) is 64.3 Å². The van der Waals surface area contributed by atoms with Gasteiger partial charge in [-0.15, -0.1) is 11.8 Å². The molecule has 1 unspecified atom stereocenters. The van der Waals surface area contributed by atoms with Crippen molar-refractivity contribution >= 4 is 17.7 Å². The predicted octanol–water partition coefficient (Wildman–Crippen LogP) is 2.56. The van der Waals surface area contributed by atoms with Crippen molar-refractivity contribution in [3.05, 3.63) is 60.2 Å². The lowest BCUT2D eigenvalue weighted by atomic mass is 10.0. The second kappa shape index (κ2) is 7.71. The number of amides is 1. The summed E-state index contributed by atoms with van der Waals surface area (Å²) in [5.74, 6) is 6.21. The molecule has 0 saturated carbocycles. The zero-order chi connectivity index (χ0) is 15.1. The number of benzene rings is 2. The summed E-state index contributed by atoms with van der Waals surface area (Å²) in [5, 5.41) is 0. The van der Waals surface area contributed by atoms with E-state index < -0.39 is 0 Å². The molecule has 2 aromatic rings. The summed E-state index contributed by atoms with van der Waals surface area (Å²) >= 11 is 1.58. The molecule has 0 aromatic heterocycles. The van der Waals surface area contributed by atoms with Crippen molar-refractivity contribution in [1.82, 2.24) is 5.43 Å². The first-order valence-corrected chi connectivity index (χ1v) is 7.56. The van der Waals surface area contributed by atoms with E-state index in [1.165, 1.54) is 0 Å². The second-order valence-electron chi connectivity index (χ2n) is 4.43. The van der Waals surface area contributed by atoms with E-state index in [1.807, 2.05) is 54.6 Å². The van der Waals surface area contributed by atoms with Crippen LogP contribution in [0.5, 0.6) is 5.75 Å². The van der Waals surface area contributed by atoms with Crippen molar-refractivity contribution in [3.8, 4) is 5.75 Å². The van der Waals surface area contributed by atoms with E-state index in [-0.39, 0.29) is 11.8 Å². The van der Waals surface area contributed by atoms with E-state index in [9.17, 15) is 4.79 Å². The van der Waals surface area contributed by atoms with Crippen LogP contribution in [0.15, 0.2) is 59.5 Å². The number of carbonyl (C=O) groups excluding carboxylic acids is 1. The first-order valence-electron chi connectivity index (χ1n) is 6.57. The van der Waals surface area contributed by atoms with Gasteiger partial charge in [0.15, 0.2) is 0 Å². The van der Waals surface area contributed by atoms with Crippen LogP contribution in [0, 0.1) is 0 Å². The summed E-state index contributed by atoms with van der Waals surface area (Å²) in [4.78, 5) is 13.0. The average molecular weight is 302 g/mol. The summed E-state index contributed by atoms with van der Waals surface area (Å²) in [6.45, 7) is 0. The fourth-order valence-electron chi connectivity index (χ4n) is 2.02. The van der Waals surface area contributed by atoms with Gasteiger partial charge in [0.25, 0.3) is 0 Å². The van der Waals surface area contributed by atoms with E-state index >= 15 is 0 Å². The van der Waals surface area contributed by atoms with Gasteiger partial charge in [-0.3, -0.25) is 10.2 Å². The molecule has 0 bridgehead atoms. The molecular weight excluding hydrogens is 284 g/mol. The molecule has 0 heterocycles. The standard InChI is InChI=1S/C16H18N2O2S/c1-20-14-9-5-6-10-15(14)21-11-13(16(19)18-17)12-7-3-2-4-8-12/h2-10,13H,11,17H2,1H3,(H,18,19). The van der Waals surface area contributed by atoms with Gasteiger partial charge in [-0.05, 0) is 17.7 Å². The van der Waals surface area contributed by atoms with Crippen molar-refractivity contribution in [2.24, 2.45) is 5.84 Å². The Labute approximate surface area is 128 Å². The Morgan fingerprint density at radius 3 is 2.52 bits per heavy atom. The quantitative estimate of drug-likeness (QED) is 0.372. The van der Waals surface area contributed by atoms with Crippen LogP contribution < -0.4 is 16.0 Å². The maximum atomic E-state index is 12.0.